The van der Waals surface area contributed by atoms with E-state index in [4.69, 9.17) is 0 Å². The summed E-state index contributed by atoms with van der Waals surface area (Å²) in [6.45, 7) is -0.576. The number of fused-ring (bicyclic) bond motifs is 1. The predicted octanol–water partition coefficient (Wildman–Crippen LogP) is 3.48. The van der Waals surface area contributed by atoms with Crippen LogP contribution in [0.1, 0.15) is 10.5 Å². The Bertz CT molecular complexity index is 1120. The van der Waals surface area contributed by atoms with Crippen LogP contribution in [0.4, 0.5) is 13.2 Å². The number of rotatable bonds is 5. The average molecular weight is 371 g/mol. The summed E-state index contributed by atoms with van der Waals surface area (Å²) >= 11 is 0. The third kappa shape index (κ3) is 3.07. The topological polar surface area (TPSA) is 65.1 Å². The average Bonchev–Trinajstić information content (AvgIpc) is 3.25. The van der Waals surface area contributed by atoms with Crippen molar-refractivity contribution in [1.29, 1.82) is 0 Å². The molecule has 0 N–H and O–H groups in total. The number of aromatic nitrogens is 5. The van der Waals surface area contributed by atoms with Crippen molar-refractivity contribution in [3.8, 4) is 22.6 Å². The summed E-state index contributed by atoms with van der Waals surface area (Å²) in [4.78, 5) is 19.4. The standard InChI is InChI=1S/C18H12F3N5O/c19-12-3-1-11(2-4-12)17-18(25(10-23-17)8-15(20)21)14-5-6-16-22-7-13(9-27)26(16)24-14/h1-7,9-10,15H,8H2. The fraction of sp³-hybridized carbons (Fsp3) is 0.111. The zero-order valence-electron chi connectivity index (χ0n) is 13.8. The van der Waals surface area contributed by atoms with Crippen molar-refractivity contribution in [3.05, 3.63) is 60.4 Å². The number of hydrogen-bond donors (Lipinski definition) is 0. The first kappa shape index (κ1) is 17.0. The second-order valence-corrected chi connectivity index (χ2v) is 5.78. The van der Waals surface area contributed by atoms with E-state index in [0.29, 0.717) is 34.6 Å². The lowest BCUT2D eigenvalue weighted by atomic mass is 10.1. The number of halogens is 3. The van der Waals surface area contributed by atoms with Crippen LogP contribution in [0.25, 0.3) is 28.3 Å². The molecule has 4 aromatic rings. The molecule has 0 aliphatic rings. The van der Waals surface area contributed by atoms with Gasteiger partial charge in [0, 0.05) is 5.56 Å². The molecule has 6 nitrogen and oxygen atoms in total. The summed E-state index contributed by atoms with van der Waals surface area (Å²) in [7, 11) is 0. The van der Waals surface area contributed by atoms with E-state index >= 15 is 0 Å². The zero-order valence-corrected chi connectivity index (χ0v) is 13.8. The maximum Gasteiger partial charge on any atom is 0.256 e. The van der Waals surface area contributed by atoms with Crippen LogP contribution in [-0.2, 0) is 6.54 Å². The second kappa shape index (κ2) is 6.67. The van der Waals surface area contributed by atoms with Crippen LogP contribution in [0.15, 0.2) is 48.9 Å². The SMILES string of the molecule is O=Cc1cnc2ccc(-c3c(-c4ccc(F)cc4)ncn3CC(F)F)nn12. The van der Waals surface area contributed by atoms with Crippen LogP contribution in [0.3, 0.4) is 0 Å². The number of benzene rings is 1. The summed E-state index contributed by atoms with van der Waals surface area (Å²) in [5.41, 5.74) is 2.30. The molecule has 27 heavy (non-hydrogen) atoms. The molecular formula is C18H12F3N5O. The fourth-order valence-electron chi connectivity index (χ4n) is 2.85. The Morgan fingerprint density at radius 1 is 1.07 bits per heavy atom. The maximum absolute atomic E-state index is 13.2. The Labute approximate surface area is 150 Å². The van der Waals surface area contributed by atoms with Gasteiger partial charge in [-0.3, -0.25) is 4.79 Å². The number of carbonyl (C=O) groups is 1. The molecule has 3 aromatic heterocycles. The number of imidazole rings is 2. The predicted molar refractivity (Wildman–Crippen MR) is 91.0 cm³/mol. The van der Waals surface area contributed by atoms with E-state index in [-0.39, 0.29) is 5.69 Å². The number of carbonyl (C=O) groups excluding carboxylic acids is 1. The van der Waals surface area contributed by atoms with Crippen LogP contribution >= 0.6 is 0 Å². The molecule has 0 aliphatic heterocycles. The molecule has 0 atom stereocenters. The van der Waals surface area contributed by atoms with Crippen molar-refractivity contribution in [1.82, 2.24) is 24.1 Å². The van der Waals surface area contributed by atoms with Gasteiger partial charge in [0.15, 0.2) is 11.9 Å². The summed E-state index contributed by atoms with van der Waals surface area (Å²) in [6, 6.07) is 8.80. The molecule has 3 heterocycles. The van der Waals surface area contributed by atoms with Gasteiger partial charge in [-0.15, -0.1) is 0 Å². The Balaban J connectivity index is 1.92. The monoisotopic (exact) mass is 371 g/mol. The van der Waals surface area contributed by atoms with Crippen molar-refractivity contribution < 1.29 is 18.0 Å². The van der Waals surface area contributed by atoms with E-state index in [1.54, 1.807) is 12.1 Å². The number of aldehydes is 1. The second-order valence-electron chi connectivity index (χ2n) is 5.78. The molecule has 0 unspecified atom stereocenters. The molecule has 0 saturated carbocycles. The normalized spacial score (nSPS) is 11.4. The highest BCUT2D eigenvalue weighted by atomic mass is 19.3. The molecule has 0 fully saturated rings. The molecule has 4 rings (SSSR count). The van der Waals surface area contributed by atoms with Gasteiger partial charge < -0.3 is 4.57 Å². The first-order valence-corrected chi connectivity index (χ1v) is 7.96. The number of alkyl halides is 2. The van der Waals surface area contributed by atoms with Gasteiger partial charge >= 0.3 is 0 Å². The van der Waals surface area contributed by atoms with E-state index in [2.05, 4.69) is 15.1 Å². The van der Waals surface area contributed by atoms with Gasteiger partial charge in [0.05, 0.1) is 30.5 Å². The highest BCUT2D eigenvalue weighted by Crippen LogP contribution is 2.31. The van der Waals surface area contributed by atoms with Crippen molar-refractivity contribution in [2.24, 2.45) is 0 Å². The minimum absolute atomic E-state index is 0.232. The Morgan fingerprint density at radius 3 is 2.56 bits per heavy atom. The largest absolute Gasteiger partial charge is 0.323 e. The quantitative estimate of drug-likeness (QED) is 0.504. The number of nitrogens with zero attached hydrogens (tertiary/aromatic N) is 5. The van der Waals surface area contributed by atoms with Crippen molar-refractivity contribution >= 4 is 11.9 Å². The van der Waals surface area contributed by atoms with Gasteiger partial charge in [0.2, 0.25) is 0 Å². The highest BCUT2D eigenvalue weighted by molar-refractivity contribution is 5.78. The summed E-state index contributed by atoms with van der Waals surface area (Å²) < 4.78 is 41.9. The zero-order chi connectivity index (χ0) is 19.0. The summed E-state index contributed by atoms with van der Waals surface area (Å²) in [5, 5.41) is 4.36. The molecule has 0 amide bonds. The van der Waals surface area contributed by atoms with Gasteiger partial charge in [0.1, 0.15) is 17.2 Å². The third-order valence-corrected chi connectivity index (χ3v) is 4.04. The van der Waals surface area contributed by atoms with Crippen molar-refractivity contribution in [3.63, 3.8) is 0 Å². The minimum Gasteiger partial charge on any atom is -0.323 e. The van der Waals surface area contributed by atoms with Crippen LogP contribution in [0.2, 0.25) is 0 Å². The first-order valence-electron chi connectivity index (χ1n) is 7.96. The van der Waals surface area contributed by atoms with Gasteiger partial charge in [-0.05, 0) is 36.4 Å². The van der Waals surface area contributed by atoms with E-state index in [1.807, 2.05) is 0 Å². The lowest BCUT2D eigenvalue weighted by Gasteiger charge is -2.10. The van der Waals surface area contributed by atoms with E-state index in [0.717, 1.165) is 0 Å². The van der Waals surface area contributed by atoms with Crippen LogP contribution in [-0.4, -0.2) is 36.9 Å². The molecule has 1 aromatic carbocycles. The molecule has 0 spiro atoms. The number of hydrogen-bond acceptors (Lipinski definition) is 4. The van der Waals surface area contributed by atoms with Gasteiger partial charge in [-0.2, -0.15) is 5.10 Å². The van der Waals surface area contributed by atoms with E-state index in [9.17, 15) is 18.0 Å². The fourth-order valence-corrected chi connectivity index (χ4v) is 2.85. The Hall–Kier alpha value is -3.49. The smallest absolute Gasteiger partial charge is 0.256 e. The Kier molecular flexibility index (Phi) is 4.19. The lowest BCUT2D eigenvalue weighted by Crippen LogP contribution is -2.08. The first-order chi connectivity index (χ1) is 13.1. The summed E-state index contributed by atoms with van der Waals surface area (Å²) in [5.74, 6) is -0.416. The van der Waals surface area contributed by atoms with Crippen LogP contribution < -0.4 is 0 Å². The third-order valence-electron chi connectivity index (χ3n) is 4.04. The van der Waals surface area contributed by atoms with Gasteiger partial charge in [-0.1, -0.05) is 0 Å². The molecular weight excluding hydrogens is 359 g/mol. The van der Waals surface area contributed by atoms with E-state index in [1.165, 1.54) is 45.9 Å². The molecule has 9 heteroatoms. The molecule has 0 aliphatic carbocycles. The summed E-state index contributed by atoms with van der Waals surface area (Å²) in [6.07, 6.45) is 0.673. The van der Waals surface area contributed by atoms with Crippen LogP contribution in [0, 0.1) is 5.82 Å². The Morgan fingerprint density at radius 2 is 1.85 bits per heavy atom. The maximum atomic E-state index is 13.2. The minimum atomic E-state index is -2.60. The van der Waals surface area contributed by atoms with Crippen LogP contribution in [0.5, 0.6) is 0 Å². The van der Waals surface area contributed by atoms with Gasteiger partial charge in [0.25, 0.3) is 6.43 Å². The molecule has 0 bridgehead atoms. The molecule has 0 radical (unpaired) electrons. The van der Waals surface area contributed by atoms with Gasteiger partial charge in [-0.25, -0.2) is 27.7 Å². The lowest BCUT2D eigenvalue weighted by molar-refractivity contribution is 0.111. The highest BCUT2D eigenvalue weighted by Gasteiger charge is 2.19. The molecule has 0 saturated heterocycles. The molecule has 136 valence electrons. The van der Waals surface area contributed by atoms with Crippen molar-refractivity contribution in [2.75, 3.05) is 0 Å². The van der Waals surface area contributed by atoms with Crippen molar-refractivity contribution in [2.45, 2.75) is 13.0 Å². The van der Waals surface area contributed by atoms with E-state index < -0.39 is 18.8 Å².